The summed E-state index contributed by atoms with van der Waals surface area (Å²) < 4.78 is 0. The molecule has 0 radical (unpaired) electrons. The highest BCUT2D eigenvalue weighted by Crippen LogP contribution is 2.25. The number of carbonyl (C=O) groups is 1. The lowest BCUT2D eigenvalue weighted by molar-refractivity contribution is -0.131. The van der Waals surface area contributed by atoms with E-state index in [4.69, 9.17) is 17.3 Å². The number of carbonyl (C=O) groups excluding carboxylic acids is 1. The summed E-state index contributed by atoms with van der Waals surface area (Å²) in [5.41, 5.74) is 5.69. The van der Waals surface area contributed by atoms with Crippen molar-refractivity contribution in [3.63, 3.8) is 0 Å². The lowest BCUT2D eigenvalue weighted by Crippen LogP contribution is -2.34. The number of halogens is 1. The van der Waals surface area contributed by atoms with Crippen LogP contribution in [0.25, 0.3) is 0 Å². The van der Waals surface area contributed by atoms with E-state index >= 15 is 0 Å². The fourth-order valence-corrected chi connectivity index (χ4v) is 3.56. The van der Waals surface area contributed by atoms with E-state index in [0.29, 0.717) is 24.9 Å². The molecule has 20 heavy (non-hydrogen) atoms. The smallest absolute Gasteiger partial charge is 0.223 e. The average molecular weight is 313 g/mol. The minimum atomic E-state index is 0.245. The van der Waals surface area contributed by atoms with Gasteiger partial charge in [-0.1, -0.05) is 11.6 Å². The molecular formula is C15H21ClN2OS. The molecule has 3 nitrogen and oxygen atoms in total. The van der Waals surface area contributed by atoms with Gasteiger partial charge in [-0.05, 0) is 50.1 Å². The third-order valence-electron chi connectivity index (χ3n) is 3.71. The van der Waals surface area contributed by atoms with Crippen molar-refractivity contribution in [1.29, 1.82) is 0 Å². The molecule has 1 saturated heterocycles. The van der Waals surface area contributed by atoms with Crippen LogP contribution in [-0.2, 0) is 4.79 Å². The number of nitrogens with two attached hydrogens (primary N) is 1. The van der Waals surface area contributed by atoms with Crippen LogP contribution < -0.4 is 5.73 Å². The molecule has 2 rings (SSSR count). The first kappa shape index (κ1) is 15.7. The second-order valence-corrected chi connectivity index (χ2v) is 6.89. The van der Waals surface area contributed by atoms with E-state index in [1.807, 2.05) is 29.2 Å². The lowest BCUT2D eigenvalue weighted by atomic mass is 10.1. The quantitative estimate of drug-likeness (QED) is 0.850. The zero-order valence-corrected chi connectivity index (χ0v) is 13.3. The predicted molar refractivity (Wildman–Crippen MR) is 85.1 cm³/mol. The van der Waals surface area contributed by atoms with Crippen molar-refractivity contribution in [2.75, 3.05) is 18.8 Å². The number of nitrogens with zero attached hydrogens (tertiary/aromatic N) is 1. The van der Waals surface area contributed by atoms with E-state index in [0.717, 1.165) is 28.6 Å². The summed E-state index contributed by atoms with van der Waals surface area (Å²) in [7, 11) is 0. The average Bonchev–Trinajstić information content (AvgIpc) is 2.82. The van der Waals surface area contributed by atoms with Gasteiger partial charge in [-0.25, -0.2) is 0 Å². The van der Waals surface area contributed by atoms with Crippen LogP contribution in [0.2, 0.25) is 5.02 Å². The Kier molecular flexibility index (Phi) is 5.75. The van der Waals surface area contributed by atoms with Crippen molar-refractivity contribution in [2.45, 2.75) is 30.7 Å². The number of thioether (sulfide) groups is 1. The fraction of sp³-hybridized carbons (Fsp3) is 0.533. The molecule has 5 heteroatoms. The summed E-state index contributed by atoms with van der Waals surface area (Å²) in [6.07, 6.45) is 1.61. The molecule has 0 aromatic heterocycles. The van der Waals surface area contributed by atoms with Gasteiger partial charge >= 0.3 is 0 Å². The maximum atomic E-state index is 12.2. The highest BCUT2D eigenvalue weighted by Gasteiger charge is 2.30. The topological polar surface area (TPSA) is 46.3 Å². The third kappa shape index (κ3) is 4.14. The van der Waals surface area contributed by atoms with Crippen molar-refractivity contribution in [1.82, 2.24) is 4.90 Å². The Labute approximate surface area is 129 Å². The Morgan fingerprint density at radius 2 is 2.15 bits per heavy atom. The van der Waals surface area contributed by atoms with Crippen LogP contribution in [0.5, 0.6) is 0 Å². The first-order valence-corrected chi connectivity index (χ1v) is 8.34. The van der Waals surface area contributed by atoms with Crippen LogP contribution in [0, 0.1) is 5.92 Å². The molecule has 1 amide bonds. The summed E-state index contributed by atoms with van der Waals surface area (Å²) in [6, 6.07) is 8.05. The number of likely N-dealkylation sites (tertiary alicyclic amines) is 1. The van der Waals surface area contributed by atoms with Gasteiger partial charge in [0, 0.05) is 34.7 Å². The third-order valence-corrected chi connectivity index (χ3v) is 4.98. The Bertz CT molecular complexity index is 452. The molecule has 1 aromatic rings. The summed E-state index contributed by atoms with van der Waals surface area (Å²) in [6.45, 7) is 3.61. The van der Waals surface area contributed by atoms with Crippen molar-refractivity contribution in [3.8, 4) is 0 Å². The minimum Gasteiger partial charge on any atom is -0.340 e. The van der Waals surface area contributed by atoms with E-state index < -0.39 is 0 Å². The Balaban J connectivity index is 1.76. The van der Waals surface area contributed by atoms with Crippen molar-refractivity contribution in [3.05, 3.63) is 29.3 Å². The van der Waals surface area contributed by atoms with Gasteiger partial charge < -0.3 is 10.6 Å². The number of amides is 1. The van der Waals surface area contributed by atoms with Gasteiger partial charge in [0.25, 0.3) is 0 Å². The zero-order chi connectivity index (χ0) is 14.5. The molecule has 1 aliphatic rings. The second-order valence-electron chi connectivity index (χ2n) is 5.28. The highest BCUT2D eigenvalue weighted by atomic mass is 35.5. The molecule has 0 spiro atoms. The van der Waals surface area contributed by atoms with Crippen molar-refractivity contribution in [2.24, 2.45) is 11.7 Å². The van der Waals surface area contributed by atoms with Gasteiger partial charge in [-0.3, -0.25) is 4.79 Å². The molecule has 2 N–H and O–H groups in total. The van der Waals surface area contributed by atoms with Crippen molar-refractivity contribution < 1.29 is 4.79 Å². The maximum Gasteiger partial charge on any atom is 0.223 e. The SMILES string of the molecule is CC1CC(CN)CN1C(=O)CCSc1ccc(Cl)cc1. The number of hydrogen-bond acceptors (Lipinski definition) is 3. The molecule has 0 bridgehead atoms. The maximum absolute atomic E-state index is 12.2. The zero-order valence-electron chi connectivity index (χ0n) is 11.7. The summed E-state index contributed by atoms with van der Waals surface area (Å²) in [5.74, 6) is 1.52. The Hall–Kier alpha value is -0.710. The molecule has 1 fully saturated rings. The first-order valence-electron chi connectivity index (χ1n) is 6.98. The van der Waals surface area contributed by atoms with Gasteiger partial charge in [-0.15, -0.1) is 11.8 Å². The van der Waals surface area contributed by atoms with Gasteiger partial charge in [0.2, 0.25) is 5.91 Å². The first-order chi connectivity index (χ1) is 9.60. The highest BCUT2D eigenvalue weighted by molar-refractivity contribution is 7.99. The molecule has 1 aliphatic heterocycles. The number of rotatable bonds is 5. The van der Waals surface area contributed by atoms with Gasteiger partial charge in [0.1, 0.15) is 0 Å². The van der Waals surface area contributed by atoms with Crippen LogP contribution >= 0.6 is 23.4 Å². The minimum absolute atomic E-state index is 0.245. The fourth-order valence-electron chi connectivity index (χ4n) is 2.59. The standard InChI is InChI=1S/C15H21ClN2OS/c1-11-8-12(9-17)10-18(11)15(19)6-7-20-14-4-2-13(16)3-5-14/h2-5,11-12H,6-10,17H2,1H3. The van der Waals surface area contributed by atoms with Gasteiger partial charge in [0.05, 0.1) is 0 Å². The molecule has 2 unspecified atom stereocenters. The summed E-state index contributed by atoms with van der Waals surface area (Å²) >= 11 is 7.54. The number of hydrogen-bond donors (Lipinski definition) is 1. The lowest BCUT2D eigenvalue weighted by Gasteiger charge is -2.21. The number of benzene rings is 1. The summed E-state index contributed by atoms with van der Waals surface area (Å²) in [4.78, 5) is 15.3. The van der Waals surface area contributed by atoms with Crippen LogP contribution in [0.4, 0.5) is 0 Å². The van der Waals surface area contributed by atoms with E-state index in [-0.39, 0.29) is 5.91 Å². The van der Waals surface area contributed by atoms with Crippen LogP contribution in [-0.4, -0.2) is 35.7 Å². The van der Waals surface area contributed by atoms with E-state index in [2.05, 4.69) is 6.92 Å². The normalized spacial score (nSPS) is 22.2. The van der Waals surface area contributed by atoms with E-state index in [9.17, 15) is 4.79 Å². The molecule has 110 valence electrons. The Morgan fingerprint density at radius 3 is 2.75 bits per heavy atom. The molecular weight excluding hydrogens is 292 g/mol. The molecule has 0 aliphatic carbocycles. The molecule has 0 saturated carbocycles. The van der Waals surface area contributed by atoms with Crippen LogP contribution in [0.1, 0.15) is 19.8 Å². The van der Waals surface area contributed by atoms with Crippen LogP contribution in [0.15, 0.2) is 29.2 Å². The molecule has 1 heterocycles. The molecule has 2 atom stereocenters. The molecule has 1 aromatic carbocycles. The van der Waals surface area contributed by atoms with E-state index in [1.54, 1.807) is 11.8 Å². The van der Waals surface area contributed by atoms with Crippen LogP contribution in [0.3, 0.4) is 0 Å². The summed E-state index contributed by atoms with van der Waals surface area (Å²) in [5, 5.41) is 0.740. The second kappa shape index (κ2) is 7.34. The van der Waals surface area contributed by atoms with Gasteiger partial charge in [0.15, 0.2) is 0 Å². The van der Waals surface area contributed by atoms with Gasteiger partial charge in [-0.2, -0.15) is 0 Å². The largest absolute Gasteiger partial charge is 0.340 e. The Morgan fingerprint density at radius 1 is 1.45 bits per heavy atom. The van der Waals surface area contributed by atoms with Crippen molar-refractivity contribution >= 4 is 29.3 Å². The predicted octanol–water partition coefficient (Wildman–Crippen LogP) is 3.02. The van der Waals surface area contributed by atoms with E-state index in [1.165, 1.54) is 0 Å². The monoisotopic (exact) mass is 312 g/mol.